The van der Waals surface area contributed by atoms with Gasteiger partial charge in [0.25, 0.3) is 0 Å². The van der Waals surface area contributed by atoms with Crippen LogP contribution in [0.15, 0.2) is 0 Å². The number of hydrogen-bond donors (Lipinski definition) is 2. The van der Waals surface area contributed by atoms with E-state index in [1.807, 2.05) is 0 Å². The summed E-state index contributed by atoms with van der Waals surface area (Å²) < 4.78 is 5.18. The average Bonchev–Trinajstić information content (AvgIpc) is 3.17. The molecule has 1 fully saturated rings. The van der Waals surface area contributed by atoms with E-state index in [2.05, 4.69) is 31.0 Å². The van der Waals surface area contributed by atoms with Crippen LogP contribution in [-0.4, -0.2) is 61.5 Å². The standard InChI is InChI=1S/C14H30N2O2/c1-5-15-14(11-17,13-6-7-13)10-16(12(2)3)8-9-18-4/h12-13,15,17H,5-11H2,1-4H3. The molecule has 1 unspecified atom stereocenters. The van der Waals surface area contributed by atoms with E-state index in [1.54, 1.807) is 7.11 Å². The fraction of sp³-hybridized carbons (Fsp3) is 1.00. The Bertz CT molecular complexity index is 232. The summed E-state index contributed by atoms with van der Waals surface area (Å²) in [7, 11) is 1.74. The zero-order chi connectivity index (χ0) is 13.6. The molecule has 0 spiro atoms. The molecule has 0 saturated heterocycles. The van der Waals surface area contributed by atoms with Gasteiger partial charge in [-0.3, -0.25) is 4.90 Å². The Morgan fingerprint density at radius 3 is 2.50 bits per heavy atom. The van der Waals surface area contributed by atoms with Crippen molar-refractivity contribution in [3.8, 4) is 0 Å². The summed E-state index contributed by atoms with van der Waals surface area (Å²) in [6.07, 6.45) is 2.48. The molecular weight excluding hydrogens is 228 g/mol. The minimum Gasteiger partial charge on any atom is -0.394 e. The number of nitrogens with one attached hydrogen (secondary N) is 1. The predicted octanol–water partition coefficient (Wildman–Crippen LogP) is 1.09. The maximum atomic E-state index is 9.85. The van der Waals surface area contributed by atoms with Crippen molar-refractivity contribution in [2.45, 2.75) is 45.2 Å². The van der Waals surface area contributed by atoms with Crippen LogP contribution in [0.4, 0.5) is 0 Å². The summed E-state index contributed by atoms with van der Waals surface area (Å²) in [5, 5.41) is 13.4. The van der Waals surface area contributed by atoms with Gasteiger partial charge in [-0.15, -0.1) is 0 Å². The number of hydrogen-bond acceptors (Lipinski definition) is 4. The van der Waals surface area contributed by atoms with E-state index >= 15 is 0 Å². The third-order valence-electron chi connectivity index (χ3n) is 3.97. The average molecular weight is 258 g/mol. The number of methoxy groups -OCH3 is 1. The number of aliphatic hydroxyl groups is 1. The van der Waals surface area contributed by atoms with Gasteiger partial charge in [-0.25, -0.2) is 0 Å². The maximum Gasteiger partial charge on any atom is 0.0628 e. The highest BCUT2D eigenvalue weighted by atomic mass is 16.5. The zero-order valence-corrected chi connectivity index (χ0v) is 12.4. The van der Waals surface area contributed by atoms with E-state index in [4.69, 9.17) is 4.74 Å². The smallest absolute Gasteiger partial charge is 0.0628 e. The van der Waals surface area contributed by atoms with Crippen LogP contribution in [0, 0.1) is 5.92 Å². The minimum atomic E-state index is -0.118. The highest BCUT2D eigenvalue weighted by Crippen LogP contribution is 2.40. The molecule has 1 rings (SSSR count). The summed E-state index contributed by atoms with van der Waals surface area (Å²) in [4.78, 5) is 2.40. The Kier molecular flexibility index (Phi) is 6.57. The van der Waals surface area contributed by atoms with Gasteiger partial charge < -0.3 is 15.2 Å². The predicted molar refractivity (Wildman–Crippen MR) is 74.8 cm³/mol. The molecule has 108 valence electrons. The number of aliphatic hydroxyl groups excluding tert-OH is 1. The second-order valence-corrected chi connectivity index (χ2v) is 5.68. The molecule has 2 N–H and O–H groups in total. The van der Waals surface area contributed by atoms with Crippen molar-refractivity contribution in [3.63, 3.8) is 0 Å². The van der Waals surface area contributed by atoms with Gasteiger partial charge in [0.05, 0.1) is 18.8 Å². The lowest BCUT2D eigenvalue weighted by Crippen LogP contribution is -2.59. The molecule has 18 heavy (non-hydrogen) atoms. The molecule has 4 nitrogen and oxygen atoms in total. The second-order valence-electron chi connectivity index (χ2n) is 5.68. The Morgan fingerprint density at radius 2 is 2.11 bits per heavy atom. The molecule has 1 saturated carbocycles. The number of ether oxygens (including phenoxy) is 1. The van der Waals surface area contributed by atoms with Crippen LogP contribution in [0.3, 0.4) is 0 Å². The normalized spacial score (nSPS) is 19.5. The summed E-state index contributed by atoms with van der Waals surface area (Å²) in [5.41, 5.74) is -0.118. The topological polar surface area (TPSA) is 44.7 Å². The quantitative estimate of drug-likeness (QED) is 0.616. The molecular formula is C14H30N2O2. The van der Waals surface area contributed by atoms with Crippen LogP contribution in [0.25, 0.3) is 0 Å². The van der Waals surface area contributed by atoms with Gasteiger partial charge in [0.15, 0.2) is 0 Å². The monoisotopic (exact) mass is 258 g/mol. The third kappa shape index (κ3) is 4.19. The Balaban J connectivity index is 2.65. The van der Waals surface area contributed by atoms with Crippen LogP contribution in [0.2, 0.25) is 0 Å². The molecule has 0 bridgehead atoms. The van der Waals surface area contributed by atoms with Crippen LogP contribution in [0.1, 0.15) is 33.6 Å². The lowest BCUT2D eigenvalue weighted by molar-refractivity contribution is 0.0603. The minimum absolute atomic E-state index is 0.118. The molecule has 1 aliphatic carbocycles. The maximum absolute atomic E-state index is 9.85. The molecule has 0 amide bonds. The Labute approximate surface area is 112 Å². The van der Waals surface area contributed by atoms with Gasteiger partial charge in [-0.1, -0.05) is 6.92 Å². The molecule has 1 atom stereocenters. The Hall–Kier alpha value is -0.160. The van der Waals surface area contributed by atoms with Gasteiger partial charge >= 0.3 is 0 Å². The van der Waals surface area contributed by atoms with E-state index < -0.39 is 0 Å². The molecule has 0 aromatic heterocycles. The molecule has 0 aliphatic heterocycles. The van der Waals surface area contributed by atoms with Gasteiger partial charge in [-0.05, 0) is 39.2 Å². The lowest BCUT2D eigenvalue weighted by Gasteiger charge is -2.40. The van der Waals surface area contributed by atoms with Gasteiger partial charge in [-0.2, -0.15) is 0 Å². The van der Waals surface area contributed by atoms with Crippen molar-refractivity contribution in [1.82, 2.24) is 10.2 Å². The highest BCUT2D eigenvalue weighted by molar-refractivity contribution is 5.03. The largest absolute Gasteiger partial charge is 0.394 e. The highest BCUT2D eigenvalue weighted by Gasteiger charge is 2.45. The van der Waals surface area contributed by atoms with Crippen molar-refractivity contribution >= 4 is 0 Å². The van der Waals surface area contributed by atoms with Crippen molar-refractivity contribution in [3.05, 3.63) is 0 Å². The van der Waals surface area contributed by atoms with Crippen molar-refractivity contribution in [1.29, 1.82) is 0 Å². The van der Waals surface area contributed by atoms with Gasteiger partial charge in [0.1, 0.15) is 0 Å². The van der Waals surface area contributed by atoms with E-state index in [9.17, 15) is 5.11 Å². The van der Waals surface area contributed by atoms with Crippen molar-refractivity contribution in [2.24, 2.45) is 5.92 Å². The number of rotatable bonds is 10. The van der Waals surface area contributed by atoms with Crippen LogP contribution >= 0.6 is 0 Å². The SMILES string of the molecule is CCNC(CO)(CN(CCOC)C(C)C)C1CC1. The van der Waals surface area contributed by atoms with Gasteiger partial charge in [0.2, 0.25) is 0 Å². The first-order valence-corrected chi connectivity index (χ1v) is 7.18. The van der Waals surface area contributed by atoms with E-state index in [0.717, 1.165) is 26.2 Å². The van der Waals surface area contributed by atoms with E-state index in [-0.39, 0.29) is 12.1 Å². The molecule has 0 radical (unpaired) electrons. The molecule has 1 aliphatic rings. The number of likely N-dealkylation sites (N-methyl/N-ethyl adjacent to an activating group) is 1. The van der Waals surface area contributed by atoms with Crippen LogP contribution in [-0.2, 0) is 4.74 Å². The van der Waals surface area contributed by atoms with E-state index in [1.165, 1.54) is 12.8 Å². The first-order valence-electron chi connectivity index (χ1n) is 7.18. The molecule has 0 aromatic carbocycles. The van der Waals surface area contributed by atoms with Crippen molar-refractivity contribution in [2.75, 3.05) is 40.0 Å². The first-order chi connectivity index (χ1) is 8.59. The Morgan fingerprint density at radius 1 is 1.44 bits per heavy atom. The summed E-state index contributed by atoms with van der Waals surface area (Å²) in [5.74, 6) is 0.631. The zero-order valence-electron chi connectivity index (χ0n) is 12.4. The third-order valence-corrected chi connectivity index (χ3v) is 3.97. The summed E-state index contributed by atoms with van der Waals surface area (Å²) in [6, 6.07) is 0.475. The second kappa shape index (κ2) is 7.43. The summed E-state index contributed by atoms with van der Waals surface area (Å²) in [6.45, 7) is 10.2. The van der Waals surface area contributed by atoms with E-state index in [0.29, 0.717) is 12.0 Å². The number of nitrogens with zero attached hydrogens (tertiary/aromatic N) is 1. The van der Waals surface area contributed by atoms with Crippen LogP contribution in [0.5, 0.6) is 0 Å². The summed E-state index contributed by atoms with van der Waals surface area (Å²) >= 11 is 0. The van der Waals surface area contributed by atoms with Gasteiger partial charge in [0, 0.05) is 26.2 Å². The fourth-order valence-electron chi connectivity index (χ4n) is 2.64. The molecule has 4 heteroatoms. The first kappa shape index (κ1) is 15.9. The van der Waals surface area contributed by atoms with Crippen LogP contribution < -0.4 is 5.32 Å². The fourth-order valence-corrected chi connectivity index (χ4v) is 2.64. The lowest BCUT2D eigenvalue weighted by atomic mass is 9.92. The van der Waals surface area contributed by atoms with Crippen molar-refractivity contribution < 1.29 is 9.84 Å². The molecule has 0 aromatic rings. The molecule has 0 heterocycles.